The number of anilines is 1. The van der Waals surface area contributed by atoms with E-state index in [1.807, 2.05) is 6.07 Å². The first-order valence-corrected chi connectivity index (χ1v) is 8.25. The van der Waals surface area contributed by atoms with E-state index in [1.54, 1.807) is 29.3 Å². The van der Waals surface area contributed by atoms with E-state index in [1.165, 1.54) is 0 Å². The molecule has 1 aliphatic heterocycles. The molecule has 1 atom stereocenters. The van der Waals surface area contributed by atoms with Gasteiger partial charge in [-0.3, -0.25) is 14.8 Å². The molecule has 4 rings (SSSR count). The van der Waals surface area contributed by atoms with Gasteiger partial charge < -0.3 is 9.42 Å². The summed E-state index contributed by atoms with van der Waals surface area (Å²) in [5.41, 5.74) is -0.922. The number of aromatic nitrogens is 4. The number of nitrogens with one attached hydrogen (secondary N) is 1. The van der Waals surface area contributed by atoms with Crippen molar-refractivity contribution in [3.63, 3.8) is 0 Å². The molecule has 1 fully saturated rings. The van der Waals surface area contributed by atoms with Crippen molar-refractivity contribution < 1.29 is 17.7 Å². The number of halogens is 3. The van der Waals surface area contributed by atoms with E-state index in [9.17, 15) is 18.0 Å². The summed E-state index contributed by atoms with van der Waals surface area (Å²) in [6, 6.07) is 7.15. The van der Waals surface area contributed by atoms with Gasteiger partial charge in [-0.15, -0.1) is 0 Å². The van der Waals surface area contributed by atoms with Crippen LogP contribution in [0.5, 0.6) is 0 Å². The van der Waals surface area contributed by atoms with Crippen molar-refractivity contribution >= 4 is 5.95 Å². The number of pyridine rings is 1. The lowest BCUT2D eigenvalue weighted by molar-refractivity contribution is -0.141. The van der Waals surface area contributed by atoms with E-state index in [0.29, 0.717) is 42.6 Å². The Morgan fingerprint density at radius 2 is 2.07 bits per heavy atom. The Kier molecular flexibility index (Phi) is 4.17. The minimum absolute atomic E-state index is 0.131. The summed E-state index contributed by atoms with van der Waals surface area (Å²) >= 11 is 0. The fraction of sp³-hybridized carbons (Fsp3) is 0.294. The largest absolute Gasteiger partial charge is 0.433 e. The fourth-order valence-corrected chi connectivity index (χ4v) is 3.12. The maximum atomic E-state index is 13.0. The lowest BCUT2D eigenvalue weighted by Gasteiger charge is -2.23. The van der Waals surface area contributed by atoms with Crippen molar-refractivity contribution in [3.8, 4) is 11.4 Å². The van der Waals surface area contributed by atoms with Gasteiger partial charge in [-0.2, -0.15) is 13.2 Å². The molecule has 1 saturated heterocycles. The third-order valence-corrected chi connectivity index (χ3v) is 4.33. The van der Waals surface area contributed by atoms with Gasteiger partial charge in [0, 0.05) is 24.9 Å². The minimum atomic E-state index is -4.70. The van der Waals surface area contributed by atoms with Gasteiger partial charge in [0.25, 0.3) is 5.56 Å². The maximum Gasteiger partial charge on any atom is 0.433 e. The zero-order valence-corrected chi connectivity index (χ0v) is 13.9. The highest BCUT2D eigenvalue weighted by Gasteiger charge is 2.36. The molecule has 0 bridgehead atoms. The Balaban J connectivity index is 1.67. The summed E-state index contributed by atoms with van der Waals surface area (Å²) in [4.78, 5) is 23.5. The van der Waals surface area contributed by atoms with Crippen LogP contribution in [-0.2, 0) is 6.18 Å². The highest BCUT2D eigenvalue weighted by molar-refractivity contribution is 5.54. The van der Waals surface area contributed by atoms with Gasteiger partial charge in [-0.05, 0) is 25.0 Å². The normalized spacial score (nSPS) is 17.4. The molecule has 0 aliphatic carbocycles. The van der Waals surface area contributed by atoms with E-state index >= 15 is 0 Å². The Hall–Kier alpha value is -3.17. The molecule has 4 heterocycles. The van der Waals surface area contributed by atoms with Gasteiger partial charge in [-0.1, -0.05) is 11.2 Å². The molecule has 7 nitrogen and oxygen atoms in total. The molecular weight excluding hydrogens is 363 g/mol. The van der Waals surface area contributed by atoms with Gasteiger partial charge >= 0.3 is 6.18 Å². The third kappa shape index (κ3) is 3.42. The predicted octanol–water partition coefficient (Wildman–Crippen LogP) is 3.18. The summed E-state index contributed by atoms with van der Waals surface area (Å²) in [6.07, 6.45) is -1.72. The van der Waals surface area contributed by atoms with Crippen LogP contribution in [0, 0.1) is 0 Å². The lowest BCUT2D eigenvalue weighted by Crippen LogP contribution is -2.28. The van der Waals surface area contributed by atoms with Gasteiger partial charge in [0.1, 0.15) is 5.69 Å². The molecule has 1 aliphatic rings. The fourth-order valence-electron chi connectivity index (χ4n) is 3.12. The van der Waals surface area contributed by atoms with Crippen LogP contribution in [0.1, 0.15) is 30.3 Å². The molecule has 0 amide bonds. The minimum Gasteiger partial charge on any atom is -0.358 e. The van der Waals surface area contributed by atoms with Crippen LogP contribution >= 0.6 is 0 Å². The summed E-state index contributed by atoms with van der Waals surface area (Å²) in [7, 11) is 0. The van der Waals surface area contributed by atoms with Gasteiger partial charge in [0.05, 0.1) is 11.7 Å². The van der Waals surface area contributed by atoms with Gasteiger partial charge in [0.2, 0.25) is 5.95 Å². The monoisotopic (exact) mass is 377 g/mol. The predicted molar refractivity (Wildman–Crippen MR) is 88.9 cm³/mol. The average molecular weight is 377 g/mol. The summed E-state index contributed by atoms with van der Waals surface area (Å²) in [5.74, 6) is 0.348. The SMILES string of the molecule is O=c1cc(C(F)(F)F)nc(N2CCCC2c2cc(-c3ccccn3)no2)[nH]1. The van der Waals surface area contributed by atoms with Crippen LogP contribution in [-0.4, -0.2) is 26.7 Å². The van der Waals surface area contributed by atoms with Crippen molar-refractivity contribution in [3.05, 3.63) is 58.3 Å². The number of rotatable bonds is 3. The van der Waals surface area contributed by atoms with Crippen LogP contribution in [0.3, 0.4) is 0 Å². The lowest BCUT2D eigenvalue weighted by atomic mass is 10.1. The number of nitrogens with zero attached hydrogens (tertiary/aromatic N) is 4. The van der Waals surface area contributed by atoms with Crippen LogP contribution in [0.4, 0.5) is 19.1 Å². The van der Waals surface area contributed by atoms with Crippen LogP contribution < -0.4 is 10.5 Å². The first-order valence-electron chi connectivity index (χ1n) is 8.25. The third-order valence-electron chi connectivity index (χ3n) is 4.33. The maximum absolute atomic E-state index is 13.0. The Morgan fingerprint density at radius 3 is 2.81 bits per heavy atom. The first kappa shape index (κ1) is 17.3. The number of hydrogen-bond acceptors (Lipinski definition) is 6. The molecule has 0 spiro atoms. The smallest absolute Gasteiger partial charge is 0.358 e. The van der Waals surface area contributed by atoms with Crippen LogP contribution in [0.15, 0.2) is 45.8 Å². The Morgan fingerprint density at radius 1 is 1.22 bits per heavy atom. The molecular formula is C17H14F3N5O2. The molecule has 10 heteroatoms. The van der Waals surface area contributed by atoms with Gasteiger partial charge in [-0.25, -0.2) is 4.98 Å². The van der Waals surface area contributed by atoms with Crippen LogP contribution in [0.2, 0.25) is 0 Å². The second-order valence-electron chi connectivity index (χ2n) is 6.13. The molecule has 27 heavy (non-hydrogen) atoms. The van der Waals surface area contributed by atoms with Crippen molar-refractivity contribution in [1.29, 1.82) is 0 Å². The first-order chi connectivity index (χ1) is 12.9. The van der Waals surface area contributed by atoms with E-state index in [-0.39, 0.29) is 12.0 Å². The summed E-state index contributed by atoms with van der Waals surface area (Å²) < 4.78 is 44.3. The molecule has 0 aromatic carbocycles. The van der Waals surface area contributed by atoms with Crippen LogP contribution in [0.25, 0.3) is 11.4 Å². The molecule has 3 aromatic rings. The average Bonchev–Trinajstić information content (AvgIpc) is 3.30. The summed E-state index contributed by atoms with van der Waals surface area (Å²) in [6.45, 7) is 0.439. The van der Waals surface area contributed by atoms with Crippen molar-refractivity contribution in [2.24, 2.45) is 0 Å². The quantitative estimate of drug-likeness (QED) is 0.754. The zero-order chi connectivity index (χ0) is 19.0. The van der Waals surface area contributed by atoms with E-state index in [2.05, 4.69) is 20.1 Å². The van der Waals surface area contributed by atoms with E-state index < -0.39 is 17.4 Å². The number of aromatic amines is 1. The molecule has 140 valence electrons. The number of hydrogen-bond donors (Lipinski definition) is 1. The van der Waals surface area contributed by atoms with Crippen molar-refractivity contribution in [2.75, 3.05) is 11.4 Å². The van der Waals surface area contributed by atoms with Gasteiger partial charge in [0.15, 0.2) is 11.5 Å². The zero-order valence-electron chi connectivity index (χ0n) is 13.9. The molecule has 0 radical (unpaired) electrons. The highest BCUT2D eigenvalue weighted by atomic mass is 19.4. The van der Waals surface area contributed by atoms with E-state index in [4.69, 9.17) is 4.52 Å². The number of alkyl halides is 3. The number of H-pyrrole nitrogens is 1. The Labute approximate surface area is 150 Å². The molecule has 3 aromatic heterocycles. The molecule has 0 saturated carbocycles. The standard InChI is InChI=1S/C17H14F3N5O2/c18-17(19,20)14-9-15(26)23-16(22-14)25-7-3-5-12(25)13-8-11(24-27-13)10-4-1-2-6-21-10/h1-2,4,6,8-9,12H,3,5,7H2,(H,22,23,26). The molecule has 1 unspecified atom stereocenters. The summed E-state index contributed by atoms with van der Waals surface area (Å²) in [5, 5.41) is 4.00. The highest BCUT2D eigenvalue weighted by Crippen LogP contribution is 2.36. The Bertz CT molecular complexity index is 1000. The topological polar surface area (TPSA) is 87.9 Å². The van der Waals surface area contributed by atoms with Crippen molar-refractivity contribution in [1.82, 2.24) is 20.1 Å². The second kappa shape index (κ2) is 6.53. The van der Waals surface area contributed by atoms with E-state index in [0.717, 1.165) is 0 Å². The van der Waals surface area contributed by atoms with Crippen molar-refractivity contribution in [2.45, 2.75) is 25.1 Å². The second-order valence-corrected chi connectivity index (χ2v) is 6.13. The molecule has 1 N–H and O–H groups in total.